The summed E-state index contributed by atoms with van der Waals surface area (Å²) in [5.41, 5.74) is 1.09. The van der Waals surface area contributed by atoms with E-state index >= 15 is 0 Å². The number of nitrogens with zero attached hydrogens (tertiary/aromatic N) is 2. The van der Waals surface area contributed by atoms with E-state index in [0.29, 0.717) is 38.4 Å². The van der Waals surface area contributed by atoms with Gasteiger partial charge in [-0.1, -0.05) is 19.1 Å². The minimum absolute atomic E-state index is 0.111. The standard InChI is InChI=1S/C20H24N2O4/c1-15(16-5-3-6-17(14-16)25-2)13-19(23)21-8-10-22(11-9-21)20(24)18-7-4-12-26-18/h3-7,12,14-15H,8-11,13H2,1-2H3. The Morgan fingerprint density at radius 1 is 1.12 bits per heavy atom. The van der Waals surface area contributed by atoms with Crippen LogP contribution >= 0.6 is 0 Å². The zero-order valence-corrected chi connectivity index (χ0v) is 15.2. The summed E-state index contributed by atoms with van der Waals surface area (Å²) < 4.78 is 10.4. The molecule has 1 aromatic heterocycles. The van der Waals surface area contributed by atoms with Crippen LogP contribution in [0.25, 0.3) is 0 Å². The maximum atomic E-state index is 12.6. The summed E-state index contributed by atoms with van der Waals surface area (Å²) in [6.07, 6.45) is 1.94. The van der Waals surface area contributed by atoms with Crippen LogP contribution in [-0.2, 0) is 4.79 Å². The quantitative estimate of drug-likeness (QED) is 0.826. The van der Waals surface area contributed by atoms with Crippen LogP contribution in [0.5, 0.6) is 5.75 Å². The Morgan fingerprint density at radius 3 is 2.50 bits per heavy atom. The van der Waals surface area contributed by atoms with Gasteiger partial charge < -0.3 is 19.0 Å². The molecule has 6 nitrogen and oxygen atoms in total. The second kappa shape index (κ2) is 8.08. The Labute approximate surface area is 153 Å². The van der Waals surface area contributed by atoms with Gasteiger partial charge >= 0.3 is 0 Å². The first-order chi connectivity index (χ1) is 12.6. The van der Waals surface area contributed by atoms with E-state index in [-0.39, 0.29) is 17.7 Å². The molecular formula is C20H24N2O4. The molecule has 0 N–H and O–H groups in total. The Kier molecular flexibility index (Phi) is 5.61. The number of rotatable bonds is 5. The van der Waals surface area contributed by atoms with Crippen LogP contribution in [0.1, 0.15) is 35.4 Å². The summed E-state index contributed by atoms with van der Waals surface area (Å²) in [6.45, 7) is 4.20. The average molecular weight is 356 g/mol. The van der Waals surface area contributed by atoms with E-state index < -0.39 is 0 Å². The van der Waals surface area contributed by atoms with Crippen LogP contribution in [-0.4, -0.2) is 54.9 Å². The molecule has 1 saturated heterocycles. The van der Waals surface area contributed by atoms with Gasteiger partial charge in [0.1, 0.15) is 5.75 Å². The monoisotopic (exact) mass is 356 g/mol. The minimum Gasteiger partial charge on any atom is -0.497 e. The number of furan rings is 1. The van der Waals surface area contributed by atoms with Gasteiger partial charge in [-0.2, -0.15) is 0 Å². The van der Waals surface area contributed by atoms with Crippen molar-refractivity contribution >= 4 is 11.8 Å². The van der Waals surface area contributed by atoms with E-state index in [0.717, 1.165) is 11.3 Å². The molecule has 1 fully saturated rings. The number of carbonyl (C=O) groups excluding carboxylic acids is 2. The SMILES string of the molecule is COc1cccc(C(C)CC(=O)N2CCN(C(=O)c3ccco3)CC2)c1. The molecule has 2 amide bonds. The number of methoxy groups -OCH3 is 1. The first-order valence-corrected chi connectivity index (χ1v) is 8.83. The minimum atomic E-state index is -0.119. The summed E-state index contributed by atoms with van der Waals surface area (Å²) in [7, 11) is 1.64. The highest BCUT2D eigenvalue weighted by molar-refractivity contribution is 5.91. The van der Waals surface area contributed by atoms with Crippen molar-refractivity contribution in [2.24, 2.45) is 0 Å². The van der Waals surface area contributed by atoms with Gasteiger partial charge in [0.05, 0.1) is 13.4 Å². The van der Waals surface area contributed by atoms with Crippen LogP contribution in [0, 0.1) is 0 Å². The molecule has 0 radical (unpaired) electrons. The van der Waals surface area contributed by atoms with Gasteiger partial charge in [-0.05, 0) is 35.7 Å². The fourth-order valence-corrected chi connectivity index (χ4v) is 3.17. The van der Waals surface area contributed by atoms with Crippen LogP contribution in [0.15, 0.2) is 47.1 Å². The maximum Gasteiger partial charge on any atom is 0.289 e. The number of carbonyl (C=O) groups is 2. The number of benzene rings is 1. The van der Waals surface area contributed by atoms with Crippen LogP contribution < -0.4 is 4.74 Å². The third-order valence-corrected chi connectivity index (χ3v) is 4.80. The van der Waals surface area contributed by atoms with E-state index in [4.69, 9.17) is 9.15 Å². The summed E-state index contributed by atoms with van der Waals surface area (Å²) in [4.78, 5) is 28.5. The second-order valence-electron chi connectivity index (χ2n) is 6.53. The van der Waals surface area contributed by atoms with Gasteiger partial charge in [0.25, 0.3) is 5.91 Å². The molecule has 1 unspecified atom stereocenters. The van der Waals surface area contributed by atoms with Crippen LogP contribution in [0.4, 0.5) is 0 Å². The van der Waals surface area contributed by atoms with Crippen molar-refractivity contribution in [3.05, 3.63) is 54.0 Å². The molecule has 2 heterocycles. The molecule has 3 rings (SSSR count). The number of piperazine rings is 1. The highest BCUT2D eigenvalue weighted by Gasteiger charge is 2.26. The summed E-state index contributed by atoms with van der Waals surface area (Å²) in [6, 6.07) is 11.2. The predicted molar refractivity (Wildman–Crippen MR) is 97.2 cm³/mol. The molecule has 138 valence electrons. The fraction of sp³-hybridized carbons (Fsp3) is 0.400. The Morgan fingerprint density at radius 2 is 1.85 bits per heavy atom. The number of hydrogen-bond acceptors (Lipinski definition) is 4. The highest BCUT2D eigenvalue weighted by atomic mass is 16.5. The van der Waals surface area contributed by atoms with Crippen molar-refractivity contribution in [3.63, 3.8) is 0 Å². The van der Waals surface area contributed by atoms with E-state index in [9.17, 15) is 9.59 Å². The zero-order chi connectivity index (χ0) is 18.5. The number of hydrogen-bond donors (Lipinski definition) is 0. The highest BCUT2D eigenvalue weighted by Crippen LogP contribution is 2.24. The lowest BCUT2D eigenvalue weighted by Crippen LogP contribution is -2.50. The van der Waals surface area contributed by atoms with Crippen molar-refractivity contribution in [1.82, 2.24) is 9.80 Å². The molecule has 0 bridgehead atoms. The molecule has 1 aromatic carbocycles. The van der Waals surface area contributed by atoms with Crippen molar-refractivity contribution < 1.29 is 18.7 Å². The molecule has 1 aliphatic rings. The van der Waals surface area contributed by atoms with E-state index in [1.807, 2.05) is 36.1 Å². The Bertz CT molecular complexity index is 749. The van der Waals surface area contributed by atoms with Gasteiger partial charge in [-0.15, -0.1) is 0 Å². The van der Waals surface area contributed by atoms with E-state index in [2.05, 4.69) is 0 Å². The lowest BCUT2D eigenvalue weighted by molar-refractivity contribution is -0.133. The Hall–Kier alpha value is -2.76. The number of ether oxygens (including phenoxy) is 1. The molecule has 1 aliphatic heterocycles. The zero-order valence-electron chi connectivity index (χ0n) is 15.2. The maximum absolute atomic E-state index is 12.6. The largest absolute Gasteiger partial charge is 0.497 e. The third kappa shape index (κ3) is 4.07. The summed E-state index contributed by atoms with van der Waals surface area (Å²) >= 11 is 0. The normalized spacial score (nSPS) is 15.6. The van der Waals surface area contributed by atoms with E-state index in [1.165, 1.54) is 6.26 Å². The van der Waals surface area contributed by atoms with Crippen LogP contribution in [0.3, 0.4) is 0 Å². The van der Waals surface area contributed by atoms with Gasteiger partial charge in [-0.25, -0.2) is 0 Å². The molecule has 0 aliphatic carbocycles. The first-order valence-electron chi connectivity index (χ1n) is 8.83. The smallest absolute Gasteiger partial charge is 0.289 e. The van der Waals surface area contributed by atoms with Gasteiger partial charge in [-0.3, -0.25) is 9.59 Å². The predicted octanol–water partition coefficient (Wildman–Crippen LogP) is 2.77. The molecule has 6 heteroatoms. The van der Waals surface area contributed by atoms with Gasteiger partial charge in [0, 0.05) is 32.6 Å². The molecule has 26 heavy (non-hydrogen) atoms. The van der Waals surface area contributed by atoms with Crippen molar-refractivity contribution in [2.45, 2.75) is 19.3 Å². The van der Waals surface area contributed by atoms with E-state index in [1.54, 1.807) is 24.1 Å². The average Bonchev–Trinajstić information content (AvgIpc) is 3.22. The Balaban J connectivity index is 1.52. The molecule has 1 atom stereocenters. The lowest BCUT2D eigenvalue weighted by Gasteiger charge is -2.34. The van der Waals surface area contributed by atoms with Crippen molar-refractivity contribution in [2.75, 3.05) is 33.3 Å². The van der Waals surface area contributed by atoms with Gasteiger partial charge in [0.15, 0.2) is 5.76 Å². The lowest BCUT2D eigenvalue weighted by atomic mass is 9.97. The topological polar surface area (TPSA) is 63.0 Å². The van der Waals surface area contributed by atoms with Crippen LogP contribution in [0.2, 0.25) is 0 Å². The molecular weight excluding hydrogens is 332 g/mol. The van der Waals surface area contributed by atoms with Gasteiger partial charge in [0.2, 0.25) is 5.91 Å². The van der Waals surface area contributed by atoms with Crippen molar-refractivity contribution in [3.8, 4) is 5.75 Å². The first kappa shape index (κ1) is 18.0. The second-order valence-corrected chi connectivity index (χ2v) is 6.53. The molecule has 2 aromatic rings. The summed E-state index contributed by atoms with van der Waals surface area (Å²) in [5.74, 6) is 1.25. The number of amides is 2. The molecule has 0 spiro atoms. The molecule has 0 saturated carbocycles. The fourth-order valence-electron chi connectivity index (χ4n) is 3.17. The van der Waals surface area contributed by atoms with Crippen molar-refractivity contribution in [1.29, 1.82) is 0 Å². The third-order valence-electron chi connectivity index (χ3n) is 4.80. The summed E-state index contributed by atoms with van der Waals surface area (Å²) in [5, 5.41) is 0.